The summed E-state index contributed by atoms with van der Waals surface area (Å²) in [5.74, 6) is 0.608. The van der Waals surface area contributed by atoms with Gasteiger partial charge in [-0.1, -0.05) is 24.3 Å². The highest BCUT2D eigenvalue weighted by molar-refractivity contribution is 6.00. The van der Waals surface area contributed by atoms with Crippen LogP contribution in [0.2, 0.25) is 0 Å². The van der Waals surface area contributed by atoms with Crippen LogP contribution in [-0.4, -0.2) is 62.5 Å². The smallest absolute Gasteiger partial charge is 0.254 e. The van der Waals surface area contributed by atoms with Crippen LogP contribution in [0.1, 0.15) is 34.3 Å². The number of hydrogen-bond acceptors (Lipinski definition) is 5. The molecule has 7 nitrogen and oxygen atoms in total. The molecule has 2 amide bonds. The number of benzene rings is 2. The fourth-order valence-electron chi connectivity index (χ4n) is 4.62. The maximum absolute atomic E-state index is 13.5. The van der Waals surface area contributed by atoms with Gasteiger partial charge in [-0.3, -0.25) is 9.59 Å². The van der Waals surface area contributed by atoms with Gasteiger partial charge in [0.05, 0.1) is 25.8 Å². The molecule has 0 spiro atoms. The van der Waals surface area contributed by atoms with E-state index in [0.29, 0.717) is 35.8 Å². The van der Waals surface area contributed by atoms with E-state index in [9.17, 15) is 9.59 Å². The van der Waals surface area contributed by atoms with Crippen LogP contribution >= 0.6 is 0 Å². The SMILES string of the molecule is COc1cc(C(=O)N2CCCc3ccccc3C2)cc(NC(=O)C2CCN(C)C2)c1OC. The van der Waals surface area contributed by atoms with Gasteiger partial charge in [0.1, 0.15) is 0 Å². The van der Waals surface area contributed by atoms with E-state index < -0.39 is 0 Å². The van der Waals surface area contributed by atoms with Gasteiger partial charge in [0.2, 0.25) is 5.91 Å². The Balaban J connectivity index is 1.61. The molecule has 1 unspecified atom stereocenters. The monoisotopic (exact) mass is 437 g/mol. The minimum absolute atomic E-state index is 0.0667. The molecule has 2 aliphatic rings. The lowest BCUT2D eigenvalue weighted by molar-refractivity contribution is -0.119. The lowest BCUT2D eigenvalue weighted by Crippen LogP contribution is -2.31. The van der Waals surface area contributed by atoms with Gasteiger partial charge in [0.25, 0.3) is 5.91 Å². The Hall–Kier alpha value is -3.06. The standard InChI is InChI=1S/C25H31N3O4/c1-27-12-10-19(15-27)24(29)26-21-13-20(14-22(31-2)23(21)32-3)25(30)28-11-6-9-17-7-4-5-8-18(17)16-28/h4-5,7-8,13-14,19H,6,9-12,15-16H2,1-3H3,(H,26,29). The molecule has 0 radical (unpaired) electrons. The van der Waals surface area contributed by atoms with Gasteiger partial charge in [0, 0.05) is 25.2 Å². The van der Waals surface area contributed by atoms with Crippen LogP contribution in [0.3, 0.4) is 0 Å². The van der Waals surface area contributed by atoms with Crippen molar-refractivity contribution in [2.75, 3.05) is 46.2 Å². The van der Waals surface area contributed by atoms with E-state index in [1.807, 2.05) is 24.1 Å². The van der Waals surface area contributed by atoms with Gasteiger partial charge in [0.15, 0.2) is 11.5 Å². The number of likely N-dealkylation sites (tertiary alicyclic amines) is 1. The summed E-state index contributed by atoms with van der Waals surface area (Å²) in [6, 6.07) is 11.7. The number of carbonyl (C=O) groups is 2. The molecule has 170 valence electrons. The quantitative estimate of drug-likeness (QED) is 0.778. The number of amides is 2. The highest BCUT2D eigenvalue weighted by Gasteiger charge is 2.28. The highest BCUT2D eigenvalue weighted by atomic mass is 16.5. The van der Waals surface area contributed by atoms with Crippen molar-refractivity contribution in [1.82, 2.24) is 9.80 Å². The second-order valence-corrected chi connectivity index (χ2v) is 8.60. The molecule has 0 saturated carbocycles. The van der Waals surface area contributed by atoms with Crippen LogP contribution in [0.5, 0.6) is 11.5 Å². The Morgan fingerprint density at radius 1 is 1.06 bits per heavy atom. The molecular weight excluding hydrogens is 406 g/mol. The average Bonchev–Trinajstić information content (AvgIpc) is 3.12. The summed E-state index contributed by atoms with van der Waals surface area (Å²) in [5, 5.41) is 2.98. The van der Waals surface area contributed by atoms with Gasteiger partial charge < -0.3 is 24.6 Å². The van der Waals surface area contributed by atoms with E-state index in [1.54, 1.807) is 12.1 Å². The number of carbonyl (C=O) groups excluding carboxylic acids is 2. The van der Waals surface area contributed by atoms with Crippen molar-refractivity contribution in [3.63, 3.8) is 0 Å². The van der Waals surface area contributed by atoms with Crippen molar-refractivity contribution in [3.05, 3.63) is 53.1 Å². The first-order valence-corrected chi connectivity index (χ1v) is 11.1. The molecule has 1 atom stereocenters. The predicted molar refractivity (Wildman–Crippen MR) is 123 cm³/mol. The number of methoxy groups -OCH3 is 2. The molecule has 1 saturated heterocycles. The van der Waals surface area contributed by atoms with Crippen LogP contribution in [0.4, 0.5) is 5.69 Å². The molecule has 0 aliphatic carbocycles. The van der Waals surface area contributed by atoms with Crippen molar-refractivity contribution in [3.8, 4) is 11.5 Å². The Bertz CT molecular complexity index is 1010. The van der Waals surface area contributed by atoms with Gasteiger partial charge in [-0.25, -0.2) is 0 Å². The number of nitrogens with one attached hydrogen (secondary N) is 1. The summed E-state index contributed by atoms with van der Waals surface area (Å²) in [6.07, 6.45) is 2.69. The zero-order chi connectivity index (χ0) is 22.7. The lowest BCUT2D eigenvalue weighted by Gasteiger charge is -2.23. The number of hydrogen-bond donors (Lipinski definition) is 1. The van der Waals surface area contributed by atoms with Crippen molar-refractivity contribution in [2.24, 2.45) is 5.92 Å². The van der Waals surface area contributed by atoms with Crippen molar-refractivity contribution < 1.29 is 19.1 Å². The third-order valence-electron chi connectivity index (χ3n) is 6.39. The van der Waals surface area contributed by atoms with Crippen LogP contribution < -0.4 is 14.8 Å². The van der Waals surface area contributed by atoms with E-state index in [0.717, 1.165) is 32.4 Å². The number of anilines is 1. The summed E-state index contributed by atoms with van der Waals surface area (Å²) >= 11 is 0. The molecule has 2 aromatic rings. The second-order valence-electron chi connectivity index (χ2n) is 8.60. The molecule has 0 bridgehead atoms. The Kier molecular flexibility index (Phi) is 6.65. The number of nitrogens with zero attached hydrogens (tertiary/aromatic N) is 2. The van der Waals surface area contributed by atoms with Crippen LogP contribution in [-0.2, 0) is 17.8 Å². The number of ether oxygens (including phenoxy) is 2. The summed E-state index contributed by atoms with van der Waals surface area (Å²) in [4.78, 5) is 30.3. The maximum atomic E-state index is 13.5. The maximum Gasteiger partial charge on any atom is 0.254 e. The zero-order valence-corrected chi connectivity index (χ0v) is 19.0. The Morgan fingerprint density at radius 3 is 2.53 bits per heavy atom. The first-order chi connectivity index (χ1) is 15.5. The summed E-state index contributed by atoms with van der Waals surface area (Å²) in [7, 11) is 5.07. The molecule has 2 aromatic carbocycles. The van der Waals surface area contributed by atoms with Gasteiger partial charge in [-0.05, 0) is 56.1 Å². The van der Waals surface area contributed by atoms with Crippen LogP contribution in [0.15, 0.2) is 36.4 Å². The molecule has 1 fully saturated rings. The number of rotatable bonds is 5. The van der Waals surface area contributed by atoms with E-state index in [2.05, 4.69) is 22.3 Å². The molecular formula is C25H31N3O4. The van der Waals surface area contributed by atoms with Crippen molar-refractivity contribution in [1.29, 1.82) is 0 Å². The van der Waals surface area contributed by atoms with E-state index >= 15 is 0 Å². The van der Waals surface area contributed by atoms with Gasteiger partial charge in [-0.2, -0.15) is 0 Å². The lowest BCUT2D eigenvalue weighted by atomic mass is 10.0. The van der Waals surface area contributed by atoms with Crippen LogP contribution in [0, 0.1) is 5.92 Å². The molecule has 4 rings (SSSR count). The van der Waals surface area contributed by atoms with Crippen LogP contribution in [0.25, 0.3) is 0 Å². The first kappa shape index (κ1) is 22.1. The third-order valence-corrected chi connectivity index (χ3v) is 6.39. The molecule has 1 N–H and O–H groups in total. The summed E-state index contributed by atoms with van der Waals surface area (Å²) in [6.45, 7) is 2.86. The Morgan fingerprint density at radius 2 is 1.84 bits per heavy atom. The second kappa shape index (κ2) is 9.61. The molecule has 7 heteroatoms. The predicted octanol–water partition coefficient (Wildman–Crippen LogP) is 3.18. The molecule has 2 heterocycles. The number of aryl methyl sites for hydroxylation is 1. The van der Waals surface area contributed by atoms with E-state index in [1.165, 1.54) is 25.3 Å². The Labute approximate surface area is 189 Å². The summed E-state index contributed by atoms with van der Waals surface area (Å²) < 4.78 is 11.0. The van der Waals surface area contributed by atoms with Gasteiger partial charge in [-0.15, -0.1) is 0 Å². The normalized spacial score (nSPS) is 18.6. The van der Waals surface area contributed by atoms with E-state index in [-0.39, 0.29) is 17.7 Å². The van der Waals surface area contributed by atoms with Gasteiger partial charge >= 0.3 is 0 Å². The fourth-order valence-corrected chi connectivity index (χ4v) is 4.62. The average molecular weight is 438 g/mol. The largest absolute Gasteiger partial charge is 0.493 e. The first-order valence-electron chi connectivity index (χ1n) is 11.1. The fraction of sp³-hybridized carbons (Fsp3) is 0.440. The molecule has 0 aromatic heterocycles. The van der Waals surface area contributed by atoms with Crippen molar-refractivity contribution >= 4 is 17.5 Å². The number of fused-ring (bicyclic) bond motifs is 1. The topological polar surface area (TPSA) is 71.1 Å². The minimum atomic E-state index is -0.0860. The third kappa shape index (κ3) is 4.58. The van der Waals surface area contributed by atoms with Crippen molar-refractivity contribution in [2.45, 2.75) is 25.8 Å². The minimum Gasteiger partial charge on any atom is -0.493 e. The molecule has 32 heavy (non-hydrogen) atoms. The summed E-state index contributed by atoms with van der Waals surface area (Å²) in [5.41, 5.74) is 3.41. The van der Waals surface area contributed by atoms with E-state index in [4.69, 9.17) is 9.47 Å². The highest BCUT2D eigenvalue weighted by Crippen LogP contribution is 2.38. The molecule has 2 aliphatic heterocycles. The zero-order valence-electron chi connectivity index (χ0n) is 19.0.